The molecule has 0 atom stereocenters. The van der Waals surface area contributed by atoms with Gasteiger partial charge in [-0.15, -0.1) is 11.3 Å². The predicted molar refractivity (Wildman–Crippen MR) is 95.2 cm³/mol. The van der Waals surface area contributed by atoms with Crippen molar-refractivity contribution in [2.24, 2.45) is 5.92 Å². The molecule has 0 aliphatic carbocycles. The van der Waals surface area contributed by atoms with E-state index in [1.54, 1.807) is 11.3 Å². The maximum Gasteiger partial charge on any atom is 0.229 e. The second-order valence-corrected chi connectivity index (χ2v) is 7.46. The number of hydrogen-bond acceptors (Lipinski definition) is 8. The normalized spacial score (nSPS) is 16.6. The fourth-order valence-electron chi connectivity index (χ4n) is 3.18. The molecule has 1 fully saturated rings. The van der Waals surface area contributed by atoms with Gasteiger partial charge in [0, 0.05) is 30.3 Å². The molecule has 0 saturated carbocycles. The first-order valence-electron chi connectivity index (χ1n) is 8.37. The summed E-state index contributed by atoms with van der Waals surface area (Å²) in [6.45, 7) is 3.50. The van der Waals surface area contributed by atoms with Crippen molar-refractivity contribution in [1.82, 2.24) is 25.1 Å². The van der Waals surface area contributed by atoms with Crippen molar-refractivity contribution in [2.45, 2.75) is 6.42 Å². The number of anilines is 3. The van der Waals surface area contributed by atoms with Crippen LogP contribution in [-0.2, 0) is 11.2 Å². The highest BCUT2D eigenvalue weighted by atomic mass is 32.1. The van der Waals surface area contributed by atoms with Crippen LogP contribution in [0.3, 0.4) is 0 Å². The number of aromatic amines is 1. The average Bonchev–Trinajstić information content (AvgIpc) is 3.20. The Bertz CT molecular complexity index is 921. The summed E-state index contributed by atoms with van der Waals surface area (Å²) in [4.78, 5) is 16.1. The molecular weight excluding hydrogens is 357 g/mol. The van der Waals surface area contributed by atoms with Crippen LogP contribution in [-0.4, -0.2) is 51.5 Å². The van der Waals surface area contributed by atoms with Crippen molar-refractivity contribution in [2.75, 3.05) is 36.5 Å². The van der Waals surface area contributed by atoms with Crippen LogP contribution in [0.4, 0.5) is 21.3 Å². The third-order valence-electron chi connectivity index (χ3n) is 4.52. The summed E-state index contributed by atoms with van der Waals surface area (Å²) in [7, 11) is 0. The van der Waals surface area contributed by atoms with Crippen LogP contribution < -0.4 is 10.2 Å². The van der Waals surface area contributed by atoms with Crippen LogP contribution in [0.5, 0.6) is 0 Å². The zero-order valence-electron chi connectivity index (χ0n) is 13.8. The third kappa shape index (κ3) is 2.80. The topological polar surface area (TPSA) is 91.8 Å². The fraction of sp³-hybridized carbons (Fsp3) is 0.375. The number of thiazole rings is 1. The van der Waals surface area contributed by atoms with Crippen molar-refractivity contribution in [3.05, 3.63) is 29.3 Å². The van der Waals surface area contributed by atoms with E-state index in [1.165, 1.54) is 4.88 Å². The van der Waals surface area contributed by atoms with Gasteiger partial charge in [-0.1, -0.05) is 0 Å². The largest absolute Gasteiger partial charge is 0.381 e. The monoisotopic (exact) mass is 373 g/mol. The van der Waals surface area contributed by atoms with Crippen molar-refractivity contribution in [3.63, 3.8) is 0 Å². The SMILES string of the molecule is Fc1cnc(Nc2nc3c(s2)CCN(CC2COC2)c2[nH]ncc2-3)nc1. The number of H-pyrrole nitrogens is 1. The molecule has 134 valence electrons. The molecule has 8 nitrogen and oxygen atoms in total. The van der Waals surface area contributed by atoms with Crippen LogP contribution in [0.2, 0.25) is 0 Å². The number of hydrogen-bond donors (Lipinski definition) is 2. The highest BCUT2D eigenvalue weighted by Crippen LogP contribution is 2.39. The van der Waals surface area contributed by atoms with E-state index in [0.29, 0.717) is 17.0 Å². The summed E-state index contributed by atoms with van der Waals surface area (Å²) in [6.07, 6.45) is 4.98. The Morgan fingerprint density at radius 2 is 2.15 bits per heavy atom. The van der Waals surface area contributed by atoms with Crippen molar-refractivity contribution >= 4 is 28.2 Å². The summed E-state index contributed by atoms with van der Waals surface area (Å²) in [6, 6.07) is 0. The lowest BCUT2D eigenvalue weighted by molar-refractivity contribution is -0.0276. The van der Waals surface area contributed by atoms with Crippen LogP contribution in [0, 0.1) is 11.7 Å². The Morgan fingerprint density at radius 3 is 2.92 bits per heavy atom. The summed E-state index contributed by atoms with van der Waals surface area (Å²) in [5.74, 6) is 1.44. The van der Waals surface area contributed by atoms with E-state index < -0.39 is 5.82 Å². The first kappa shape index (κ1) is 15.6. The van der Waals surface area contributed by atoms with Gasteiger partial charge in [-0.25, -0.2) is 19.3 Å². The number of nitrogens with zero attached hydrogens (tertiary/aromatic N) is 5. The highest BCUT2D eigenvalue weighted by Gasteiger charge is 2.29. The molecule has 1 saturated heterocycles. The zero-order chi connectivity index (χ0) is 17.5. The van der Waals surface area contributed by atoms with E-state index in [1.807, 2.05) is 6.20 Å². The number of nitrogens with one attached hydrogen (secondary N) is 2. The Labute approximate surface area is 152 Å². The van der Waals surface area contributed by atoms with Gasteiger partial charge in [0.25, 0.3) is 0 Å². The van der Waals surface area contributed by atoms with Crippen LogP contribution in [0.1, 0.15) is 4.88 Å². The molecule has 5 rings (SSSR count). The Hall–Kier alpha value is -2.59. The molecule has 0 bridgehead atoms. The molecule has 26 heavy (non-hydrogen) atoms. The number of fused-ring (bicyclic) bond motifs is 3. The van der Waals surface area contributed by atoms with E-state index in [2.05, 4.69) is 30.4 Å². The lowest BCUT2D eigenvalue weighted by Gasteiger charge is -2.32. The summed E-state index contributed by atoms with van der Waals surface area (Å²) in [5.41, 5.74) is 1.93. The second kappa shape index (κ2) is 6.29. The minimum atomic E-state index is -0.467. The van der Waals surface area contributed by atoms with Crippen LogP contribution >= 0.6 is 11.3 Å². The maximum atomic E-state index is 13.0. The minimum absolute atomic E-state index is 0.328. The molecule has 5 heterocycles. The van der Waals surface area contributed by atoms with Gasteiger partial charge >= 0.3 is 0 Å². The fourth-order valence-corrected chi connectivity index (χ4v) is 4.14. The van der Waals surface area contributed by atoms with Crippen LogP contribution in [0.15, 0.2) is 18.6 Å². The van der Waals surface area contributed by atoms with Gasteiger partial charge in [-0.3, -0.25) is 5.10 Å². The molecule has 0 spiro atoms. The Kier molecular flexibility index (Phi) is 3.79. The molecule has 2 aliphatic rings. The number of halogens is 1. The van der Waals surface area contributed by atoms with Gasteiger partial charge in [-0.05, 0) is 0 Å². The molecular formula is C16H16FN7OS. The summed E-state index contributed by atoms with van der Waals surface area (Å²) >= 11 is 1.57. The maximum absolute atomic E-state index is 13.0. The first-order valence-corrected chi connectivity index (χ1v) is 9.18. The standard InChI is InChI=1S/C16H16FN7OS/c17-10-3-18-15(19-4-10)22-16-21-13-11-5-20-23-14(11)24(2-1-12(13)26-16)6-9-7-25-8-9/h3-5,9H,1-2,6-8H2,(H,20,23)(H,18,19,21,22). The van der Waals surface area contributed by atoms with Gasteiger partial charge in [0.15, 0.2) is 10.9 Å². The Morgan fingerprint density at radius 1 is 1.31 bits per heavy atom. The van der Waals surface area contributed by atoms with Gasteiger partial charge in [0.1, 0.15) is 5.82 Å². The third-order valence-corrected chi connectivity index (χ3v) is 5.55. The lowest BCUT2D eigenvalue weighted by atomic mass is 10.1. The lowest BCUT2D eigenvalue weighted by Crippen LogP contribution is -2.40. The average molecular weight is 373 g/mol. The molecule has 0 unspecified atom stereocenters. The van der Waals surface area contributed by atoms with Crippen molar-refractivity contribution in [3.8, 4) is 11.3 Å². The molecule has 3 aromatic heterocycles. The molecule has 0 radical (unpaired) electrons. The number of ether oxygens (including phenoxy) is 1. The first-order chi connectivity index (χ1) is 12.8. The summed E-state index contributed by atoms with van der Waals surface area (Å²) < 4.78 is 18.3. The van der Waals surface area contributed by atoms with Crippen molar-refractivity contribution < 1.29 is 9.13 Å². The predicted octanol–water partition coefficient (Wildman–Crippen LogP) is 2.21. The molecule has 0 amide bonds. The minimum Gasteiger partial charge on any atom is -0.381 e. The molecule has 10 heteroatoms. The van der Waals surface area contributed by atoms with Crippen molar-refractivity contribution in [1.29, 1.82) is 0 Å². The number of aromatic nitrogens is 5. The molecule has 2 aliphatic heterocycles. The second-order valence-electron chi connectivity index (χ2n) is 6.37. The van der Waals surface area contributed by atoms with Gasteiger partial charge in [0.05, 0.1) is 43.1 Å². The van der Waals surface area contributed by atoms with E-state index in [4.69, 9.17) is 9.72 Å². The quantitative estimate of drug-likeness (QED) is 0.724. The van der Waals surface area contributed by atoms with E-state index >= 15 is 0 Å². The highest BCUT2D eigenvalue weighted by molar-refractivity contribution is 7.16. The van der Waals surface area contributed by atoms with Gasteiger partial charge in [-0.2, -0.15) is 5.10 Å². The Balaban J connectivity index is 1.42. The van der Waals surface area contributed by atoms with Gasteiger partial charge < -0.3 is 15.0 Å². The smallest absolute Gasteiger partial charge is 0.229 e. The summed E-state index contributed by atoms with van der Waals surface area (Å²) in [5, 5.41) is 11.1. The molecule has 0 aromatic carbocycles. The van der Waals surface area contributed by atoms with E-state index in [0.717, 1.165) is 62.2 Å². The van der Waals surface area contributed by atoms with Crippen LogP contribution in [0.25, 0.3) is 11.3 Å². The molecule has 2 N–H and O–H groups in total. The van der Waals surface area contributed by atoms with Gasteiger partial charge in [0.2, 0.25) is 5.95 Å². The number of rotatable bonds is 4. The van der Waals surface area contributed by atoms with E-state index in [-0.39, 0.29) is 0 Å². The zero-order valence-corrected chi connectivity index (χ0v) is 14.6. The molecule has 3 aromatic rings. The van der Waals surface area contributed by atoms with E-state index in [9.17, 15) is 4.39 Å².